The predicted octanol–water partition coefficient (Wildman–Crippen LogP) is 2.62. The van der Waals surface area contributed by atoms with Crippen LogP contribution in [0.3, 0.4) is 0 Å². The number of aromatic nitrogens is 4. The minimum Gasteiger partial charge on any atom is -0.471 e. The number of hydrogen-bond donors (Lipinski definition) is 4. The third-order valence-electron chi connectivity index (χ3n) is 5.54. The van der Waals surface area contributed by atoms with Crippen molar-refractivity contribution in [2.75, 3.05) is 18.9 Å². The molecule has 5 N–H and O–H groups in total. The average molecular weight is 498 g/mol. The average Bonchev–Trinajstić information content (AvgIpc) is 3.30. The highest BCUT2D eigenvalue weighted by Gasteiger charge is 2.17. The number of ether oxygens (including phenoxy) is 2. The minimum absolute atomic E-state index is 0.0504. The van der Waals surface area contributed by atoms with E-state index in [-0.39, 0.29) is 30.0 Å². The number of amides is 2. The number of carbonyl (C=O) groups excluding carboxylic acids is 2. The summed E-state index contributed by atoms with van der Waals surface area (Å²) in [5.41, 5.74) is 8.38. The van der Waals surface area contributed by atoms with E-state index in [2.05, 4.69) is 30.6 Å². The molecule has 0 bridgehead atoms. The summed E-state index contributed by atoms with van der Waals surface area (Å²) in [4.78, 5) is 39.3. The van der Waals surface area contributed by atoms with E-state index in [1.807, 2.05) is 45.0 Å². The Morgan fingerprint density at radius 2 is 1.75 bits per heavy atom. The van der Waals surface area contributed by atoms with Crippen molar-refractivity contribution in [1.29, 1.82) is 0 Å². The van der Waals surface area contributed by atoms with Crippen LogP contribution in [0.15, 0.2) is 30.6 Å². The number of H-pyrrole nitrogens is 1. The second-order valence-corrected chi connectivity index (χ2v) is 9.01. The number of nitrogens with two attached hydrogens (primary N) is 1. The van der Waals surface area contributed by atoms with Crippen molar-refractivity contribution >= 4 is 28.9 Å². The molecule has 0 radical (unpaired) electrons. The van der Waals surface area contributed by atoms with E-state index in [9.17, 15) is 9.59 Å². The highest BCUT2D eigenvalue weighted by molar-refractivity contribution is 5.79. The molecule has 0 aliphatic heterocycles. The number of nitrogens with zero attached hydrogens (tertiary/aromatic N) is 3. The molecule has 0 spiro atoms. The van der Waals surface area contributed by atoms with E-state index in [0.717, 1.165) is 17.5 Å². The lowest BCUT2D eigenvalue weighted by molar-refractivity contribution is -0.122. The van der Waals surface area contributed by atoms with Gasteiger partial charge in [0.25, 0.3) is 0 Å². The quantitative estimate of drug-likeness (QED) is 0.265. The SMILES string of the molecule is CCOC(C)(C)CCNC(=O)CCCC(=O)NCc1ccc(COc2nc(N)nc3[nH]cnc23)cc1. The van der Waals surface area contributed by atoms with Crippen LogP contribution < -0.4 is 21.1 Å². The van der Waals surface area contributed by atoms with Crippen LogP contribution in [0, 0.1) is 0 Å². The van der Waals surface area contributed by atoms with Crippen LogP contribution in [-0.4, -0.2) is 50.5 Å². The van der Waals surface area contributed by atoms with Gasteiger partial charge < -0.3 is 30.8 Å². The Labute approximate surface area is 210 Å². The largest absolute Gasteiger partial charge is 0.471 e. The Bertz CT molecular complexity index is 1150. The van der Waals surface area contributed by atoms with Crippen molar-refractivity contribution < 1.29 is 19.1 Å². The second-order valence-electron chi connectivity index (χ2n) is 9.01. The number of anilines is 1. The van der Waals surface area contributed by atoms with Gasteiger partial charge in [0, 0.05) is 32.5 Å². The van der Waals surface area contributed by atoms with Gasteiger partial charge in [0.2, 0.25) is 23.6 Å². The molecule has 11 nitrogen and oxygen atoms in total. The Morgan fingerprint density at radius 3 is 2.47 bits per heavy atom. The maximum Gasteiger partial charge on any atom is 0.247 e. The van der Waals surface area contributed by atoms with E-state index in [1.54, 1.807) is 0 Å². The first-order valence-corrected chi connectivity index (χ1v) is 12.1. The van der Waals surface area contributed by atoms with E-state index < -0.39 is 0 Å². The molecule has 36 heavy (non-hydrogen) atoms. The molecule has 0 fully saturated rings. The Morgan fingerprint density at radius 1 is 1.06 bits per heavy atom. The molecule has 0 atom stereocenters. The Balaban J connectivity index is 1.33. The summed E-state index contributed by atoms with van der Waals surface area (Å²) in [7, 11) is 0. The minimum atomic E-state index is -0.259. The number of hydrogen-bond acceptors (Lipinski definition) is 8. The van der Waals surface area contributed by atoms with Crippen LogP contribution in [0.4, 0.5) is 5.95 Å². The monoisotopic (exact) mass is 497 g/mol. The van der Waals surface area contributed by atoms with Gasteiger partial charge in [0.1, 0.15) is 6.61 Å². The smallest absolute Gasteiger partial charge is 0.247 e. The molecule has 0 aliphatic rings. The normalized spacial score (nSPS) is 11.4. The van der Waals surface area contributed by atoms with E-state index in [4.69, 9.17) is 15.2 Å². The van der Waals surface area contributed by atoms with Crippen LogP contribution in [-0.2, 0) is 27.5 Å². The topological polar surface area (TPSA) is 157 Å². The molecule has 3 rings (SSSR count). The van der Waals surface area contributed by atoms with Crippen LogP contribution >= 0.6 is 0 Å². The molecule has 0 saturated heterocycles. The summed E-state index contributed by atoms with van der Waals surface area (Å²) in [5, 5.41) is 5.78. The fraction of sp³-hybridized carbons (Fsp3) is 0.480. The zero-order chi connectivity index (χ0) is 26.0. The van der Waals surface area contributed by atoms with Gasteiger partial charge in [-0.2, -0.15) is 9.97 Å². The van der Waals surface area contributed by atoms with Gasteiger partial charge in [-0.1, -0.05) is 24.3 Å². The van der Waals surface area contributed by atoms with Crippen molar-refractivity contribution in [3.63, 3.8) is 0 Å². The molecule has 0 unspecified atom stereocenters. The van der Waals surface area contributed by atoms with E-state index >= 15 is 0 Å². The maximum atomic E-state index is 12.1. The van der Waals surface area contributed by atoms with Crippen LogP contribution in [0.25, 0.3) is 11.2 Å². The number of imidazole rings is 1. The fourth-order valence-electron chi connectivity index (χ4n) is 3.58. The van der Waals surface area contributed by atoms with Gasteiger partial charge >= 0.3 is 0 Å². The molecule has 3 aromatic rings. The second kappa shape index (κ2) is 12.8. The van der Waals surface area contributed by atoms with Gasteiger partial charge in [0.15, 0.2) is 11.2 Å². The van der Waals surface area contributed by atoms with Crippen molar-refractivity contribution in [3.05, 3.63) is 41.7 Å². The zero-order valence-electron chi connectivity index (χ0n) is 21.1. The van der Waals surface area contributed by atoms with Gasteiger partial charge in [-0.15, -0.1) is 0 Å². The lowest BCUT2D eigenvalue weighted by Crippen LogP contribution is -2.33. The number of carbonyl (C=O) groups is 2. The number of aromatic amines is 1. The molecule has 2 amide bonds. The number of benzene rings is 1. The van der Waals surface area contributed by atoms with Gasteiger partial charge in [-0.05, 0) is 44.7 Å². The lowest BCUT2D eigenvalue weighted by atomic mass is 10.1. The molecule has 2 aromatic heterocycles. The summed E-state index contributed by atoms with van der Waals surface area (Å²) in [6, 6.07) is 7.69. The summed E-state index contributed by atoms with van der Waals surface area (Å²) in [5.74, 6) is 0.288. The summed E-state index contributed by atoms with van der Waals surface area (Å²) >= 11 is 0. The number of fused-ring (bicyclic) bond motifs is 1. The summed E-state index contributed by atoms with van der Waals surface area (Å²) in [6.45, 7) is 7.86. The number of rotatable bonds is 14. The third kappa shape index (κ3) is 8.49. The lowest BCUT2D eigenvalue weighted by Gasteiger charge is -2.24. The highest BCUT2D eigenvalue weighted by Crippen LogP contribution is 2.21. The molecule has 194 valence electrons. The molecule has 1 aromatic carbocycles. The first-order valence-electron chi connectivity index (χ1n) is 12.1. The van der Waals surface area contributed by atoms with Crippen LogP contribution in [0.1, 0.15) is 57.6 Å². The third-order valence-corrected chi connectivity index (χ3v) is 5.54. The number of nitrogen functional groups attached to an aromatic ring is 1. The predicted molar refractivity (Wildman–Crippen MR) is 136 cm³/mol. The highest BCUT2D eigenvalue weighted by atomic mass is 16.5. The summed E-state index contributed by atoms with van der Waals surface area (Å²) < 4.78 is 11.4. The van der Waals surface area contributed by atoms with Gasteiger partial charge in [0.05, 0.1) is 11.9 Å². The molecule has 11 heteroatoms. The van der Waals surface area contributed by atoms with Crippen LogP contribution in [0.5, 0.6) is 5.88 Å². The molecular weight excluding hydrogens is 462 g/mol. The Kier molecular flexibility index (Phi) is 9.57. The zero-order valence-corrected chi connectivity index (χ0v) is 21.1. The molecular formula is C25H35N7O4. The molecule has 2 heterocycles. The van der Waals surface area contributed by atoms with E-state index in [1.165, 1.54) is 6.33 Å². The van der Waals surface area contributed by atoms with Gasteiger partial charge in [-0.3, -0.25) is 9.59 Å². The van der Waals surface area contributed by atoms with Crippen molar-refractivity contribution in [1.82, 2.24) is 30.6 Å². The van der Waals surface area contributed by atoms with Gasteiger partial charge in [-0.25, -0.2) is 4.98 Å². The summed E-state index contributed by atoms with van der Waals surface area (Å²) in [6.07, 6.45) is 3.36. The van der Waals surface area contributed by atoms with Crippen molar-refractivity contribution in [2.45, 2.75) is 65.2 Å². The van der Waals surface area contributed by atoms with E-state index in [0.29, 0.717) is 56.0 Å². The van der Waals surface area contributed by atoms with Crippen molar-refractivity contribution in [3.8, 4) is 5.88 Å². The number of nitrogens with one attached hydrogen (secondary N) is 3. The fourth-order valence-corrected chi connectivity index (χ4v) is 3.58. The van der Waals surface area contributed by atoms with Crippen molar-refractivity contribution in [2.24, 2.45) is 0 Å². The van der Waals surface area contributed by atoms with Crippen LogP contribution in [0.2, 0.25) is 0 Å². The Hall–Kier alpha value is -3.73. The molecule has 0 aliphatic carbocycles. The maximum absolute atomic E-state index is 12.1. The standard InChI is InChI=1S/C25H35N7O4/c1-4-36-25(2,3)12-13-27-19(33)6-5-7-20(34)28-14-17-8-10-18(11-9-17)15-35-23-21-22(30-16-29-21)31-24(26)32-23/h8-11,16H,4-7,12-15H2,1-3H3,(H,27,33)(H,28,34)(H3,26,29,30,31,32). The first-order chi connectivity index (χ1) is 17.3. The molecule has 0 saturated carbocycles. The first kappa shape index (κ1) is 26.9.